The average Bonchev–Trinajstić information content (AvgIpc) is 3.35. The van der Waals surface area contributed by atoms with Gasteiger partial charge in [0.15, 0.2) is 0 Å². The molecule has 5 atom stereocenters. The van der Waals surface area contributed by atoms with Gasteiger partial charge in [0.05, 0.1) is 12.1 Å². The van der Waals surface area contributed by atoms with Crippen molar-refractivity contribution >= 4 is 11.8 Å². The van der Waals surface area contributed by atoms with Gasteiger partial charge in [-0.15, -0.1) is 0 Å². The van der Waals surface area contributed by atoms with E-state index in [0.29, 0.717) is 30.3 Å². The zero-order chi connectivity index (χ0) is 17.9. The van der Waals surface area contributed by atoms with E-state index in [1.807, 2.05) is 0 Å². The van der Waals surface area contributed by atoms with Crippen LogP contribution in [0.1, 0.15) is 57.8 Å². The van der Waals surface area contributed by atoms with Gasteiger partial charge in [-0.05, 0) is 63.3 Å². The van der Waals surface area contributed by atoms with Crippen molar-refractivity contribution in [1.29, 1.82) is 0 Å². The van der Waals surface area contributed by atoms with E-state index in [0.717, 1.165) is 51.7 Å². The number of carbonyl (C=O) groups is 2. The maximum Gasteiger partial charge on any atom is 0.239 e. The highest BCUT2D eigenvalue weighted by atomic mass is 16.2. The Morgan fingerprint density at radius 2 is 1.88 bits per heavy atom. The van der Waals surface area contributed by atoms with Crippen LogP contribution in [-0.4, -0.2) is 61.0 Å². The standard InChI is InChI=1S/C20H34N4O2/c25-19(17-8-3-9-21-17)22-12-14-5-4-10-24(13-14)20(26)18-11-15-6-1-2-7-16(15)23-18/h14-18,21,23H,1-13H2,(H,22,25). The lowest BCUT2D eigenvalue weighted by atomic mass is 9.85. The third-order valence-electron chi connectivity index (χ3n) is 6.93. The fraction of sp³-hybridized carbons (Fsp3) is 0.900. The highest BCUT2D eigenvalue weighted by Crippen LogP contribution is 2.34. The molecule has 0 aromatic carbocycles. The number of piperidine rings is 1. The van der Waals surface area contributed by atoms with Crippen molar-refractivity contribution in [3.05, 3.63) is 0 Å². The number of likely N-dealkylation sites (tertiary alicyclic amines) is 1. The quantitative estimate of drug-likeness (QED) is 0.698. The van der Waals surface area contributed by atoms with E-state index in [4.69, 9.17) is 0 Å². The summed E-state index contributed by atoms with van der Waals surface area (Å²) in [6.07, 6.45) is 10.3. The summed E-state index contributed by atoms with van der Waals surface area (Å²) >= 11 is 0. The van der Waals surface area contributed by atoms with Crippen LogP contribution in [0.3, 0.4) is 0 Å². The number of fused-ring (bicyclic) bond motifs is 1. The van der Waals surface area contributed by atoms with E-state index in [1.165, 1.54) is 25.7 Å². The smallest absolute Gasteiger partial charge is 0.239 e. The van der Waals surface area contributed by atoms with Crippen LogP contribution in [0.4, 0.5) is 0 Å². The molecule has 6 heteroatoms. The highest BCUT2D eigenvalue weighted by molar-refractivity contribution is 5.83. The predicted molar refractivity (Wildman–Crippen MR) is 101 cm³/mol. The molecule has 4 rings (SSSR count). The van der Waals surface area contributed by atoms with Gasteiger partial charge in [-0.2, -0.15) is 0 Å². The lowest BCUT2D eigenvalue weighted by molar-refractivity contribution is -0.135. The summed E-state index contributed by atoms with van der Waals surface area (Å²) < 4.78 is 0. The minimum Gasteiger partial charge on any atom is -0.354 e. The summed E-state index contributed by atoms with van der Waals surface area (Å²) in [5.41, 5.74) is 0. The van der Waals surface area contributed by atoms with Gasteiger partial charge in [0.25, 0.3) is 0 Å². The minimum atomic E-state index is -0.0117. The van der Waals surface area contributed by atoms with E-state index >= 15 is 0 Å². The van der Waals surface area contributed by atoms with Crippen molar-refractivity contribution in [2.75, 3.05) is 26.2 Å². The maximum absolute atomic E-state index is 13.0. The fourth-order valence-electron chi connectivity index (χ4n) is 5.44. The molecule has 0 aromatic heterocycles. The molecule has 1 aliphatic carbocycles. The molecule has 0 bridgehead atoms. The second kappa shape index (κ2) is 8.26. The summed E-state index contributed by atoms with van der Waals surface area (Å²) in [7, 11) is 0. The maximum atomic E-state index is 13.0. The van der Waals surface area contributed by atoms with Crippen LogP contribution in [0.15, 0.2) is 0 Å². The molecule has 146 valence electrons. The van der Waals surface area contributed by atoms with Crippen LogP contribution in [0, 0.1) is 11.8 Å². The number of rotatable bonds is 4. The molecule has 3 aliphatic heterocycles. The predicted octanol–water partition coefficient (Wildman–Crippen LogP) is 1.01. The largest absolute Gasteiger partial charge is 0.354 e. The Balaban J connectivity index is 1.25. The Kier molecular flexibility index (Phi) is 5.79. The number of nitrogens with one attached hydrogen (secondary N) is 3. The zero-order valence-electron chi connectivity index (χ0n) is 15.8. The molecule has 0 spiro atoms. The van der Waals surface area contributed by atoms with Gasteiger partial charge in [-0.1, -0.05) is 12.8 Å². The summed E-state index contributed by atoms with van der Waals surface area (Å²) in [5.74, 6) is 1.53. The number of hydrogen-bond acceptors (Lipinski definition) is 4. The molecule has 0 radical (unpaired) electrons. The van der Waals surface area contributed by atoms with Crippen molar-refractivity contribution in [2.45, 2.75) is 75.9 Å². The van der Waals surface area contributed by atoms with Crippen molar-refractivity contribution in [3.8, 4) is 0 Å². The van der Waals surface area contributed by atoms with Crippen molar-refractivity contribution < 1.29 is 9.59 Å². The van der Waals surface area contributed by atoms with Gasteiger partial charge in [-0.25, -0.2) is 0 Å². The fourth-order valence-corrected chi connectivity index (χ4v) is 5.44. The van der Waals surface area contributed by atoms with Gasteiger partial charge < -0.3 is 20.9 Å². The Morgan fingerprint density at radius 1 is 1.00 bits per heavy atom. The molecular formula is C20H34N4O2. The molecule has 4 aliphatic rings. The molecule has 0 aromatic rings. The normalized spacial score (nSPS) is 37.4. The first-order valence-electron chi connectivity index (χ1n) is 10.8. The highest BCUT2D eigenvalue weighted by Gasteiger charge is 2.40. The van der Waals surface area contributed by atoms with Gasteiger partial charge >= 0.3 is 0 Å². The van der Waals surface area contributed by atoms with Crippen LogP contribution in [0.2, 0.25) is 0 Å². The van der Waals surface area contributed by atoms with Crippen molar-refractivity contribution in [3.63, 3.8) is 0 Å². The van der Waals surface area contributed by atoms with Crippen molar-refractivity contribution in [1.82, 2.24) is 20.9 Å². The molecular weight excluding hydrogens is 328 g/mol. The summed E-state index contributed by atoms with van der Waals surface area (Å²) in [6.45, 7) is 3.32. The molecule has 2 amide bonds. The van der Waals surface area contributed by atoms with Crippen LogP contribution in [0.5, 0.6) is 0 Å². The molecule has 4 fully saturated rings. The van der Waals surface area contributed by atoms with E-state index in [9.17, 15) is 9.59 Å². The van der Waals surface area contributed by atoms with E-state index < -0.39 is 0 Å². The van der Waals surface area contributed by atoms with Crippen LogP contribution in [0.25, 0.3) is 0 Å². The first kappa shape index (κ1) is 18.2. The zero-order valence-corrected chi connectivity index (χ0v) is 15.8. The van der Waals surface area contributed by atoms with Crippen LogP contribution >= 0.6 is 0 Å². The van der Waals surface area contributed by atoms with Gasteiger partial charge in [0, 0.05) is 25.7 Å². The summed E-state index contributed by atoms with van der Waals surface area (Å²) in [5, 5.41) is 9.98. The lowest BCUT2D eigenvalue weighted by Gasteiger charge is -2.34. The molecule has 3 heterocycles. The molecule has 26 heavy (non-hydrogen) atoms. The second-order valence-electron chi connectivity index (χ2n) is 8.79. The number of carbonyl (C=O) groups excluding carboxylic acids is 2. The van der Waals surface area contributed by atoms with Gasteiger partial charge in [0.2, 0.25) is 11.8 Å². The Hall–Kier alpha value is -1.14. The molecule has 3 N–H and O–H groups in total. The summed E-state index contributed by atoms with van der Waals surface area (Å²) in [4.78, 5) is 27.3. The average molecular weight is 363 g/mol. The van der Waals surface area contributed by atoms with Crippen molar-refractivity contribution in [2.24, 2.45) is 11.8 Å². The monoisotopic (exact) mass is 362 g/mol. The topological polar surface area (TPSA) is 73.5 Å². The minimum absolute atomic E-state index is 0.0117. The number of nitrogens with zero attached hydrogens (tertiary/aromatic N) is 1. The van der Waals surface area contributed by atoms with E-state index in [2.05, 4.69) is 20.9 Å². The third kappa shape index (κ3) is 4.06. The SMILES string of the molecule is O=C(NCC1CCCN(C(=O)C2CC3CCCCC3N2)C1)C1CCCN1. The van der Waals surface area contributed by atoms with Gasteiger partial charge in [-0.3, -0.25) is 9.59 Å². The lowest BCUT2D eigenvalue weighted by Crippen LogP contribution is -2.51. The Labute approximate surface area is 156 Å². The number of amides is 2. The second-order valence-corrected chi connectivity index (χ2v) is 8.79. The first-order chi connectivity index (χ1) is 12.7. The molecule has 1 saturated carbocycles. The number of hydrogen-bond donors (Lipinski definition) is 3. The van der Waals surface area contributed by atoms with Gasteiger partial charge in [0.1, 0.15) is 0 Å². The van der Waals surface area contributed by atoms with Crippen LogP contribution < -0.4 is 16.0 Å². The Bertz CT molecular complexity index is 506. The third-order valence-corrected chi connectivity index (χ3v) is 6.93. The first-order valence-corrected chi connectivity index (χ1v) is 10.8. The Morgan fingerprint density at radius 3 is 2.69 bits per heavy atom. The van der Waals surface area contributed by atoms with E-state index in [-0.39, 0.29) is 18.0 Å². The summed E-state index contributed by atoms with van der Waals surface area (Å²) in [6, 6.07) is 0.581. The van der Waals surface area contributed by atoms with E-state index in [1.54, 1.807) is 0 Å². The molecule has 5 unspecified atom stereocenters. The molecule has 6 nitrogen and oxygen atoms in total. The molecule has 3 saturated heterocycles. The van der Waals surface area contributed by atoms with Crippen LogP contribution in [-0.2, 0) is 9.59 Å².